The summed E-state index contributed by atoms with van der Waals surface area (Å²) in [7, 11) is 3.19. The van der Waals surface area contributed by atoms with Gasteiger partial charge in [-0.2, -0.15) is 0 Å². The van der Waals surface area contributed by atoms with E-state index in [2.05, 4.69) is 5.32 Å². The standard InChI is InChI=1S/C15H16ClNO3S/c1-9(17-15(18)13-6-7-14(16)21-13)11-5-4-10(19-2)8-12(11)20-3/h4-9H,1-3H3,(H,17,18). The van der Waals surface area contributed by atoms with Gasteiger partial charge in [-0.25, -0.2) is 0 Å². The minimum absolute atomic E-state index is 0.155. The van der Waals surface area contributed by atoms with Crippen LogP contribution >= 0.6 is 22.9 Å². The van der Waals surface area contributed by atoms with Crippen molar-refractivity contribution in [1.82, 2.24) is 5.32 Å². The Morgan fingerprint density at radius 1 is 1.24 bits per heavy atom. The van der Waals surface area contributed by atoms with Crippen LogP contribution in [0.3, 0.4) is 0 Å². The molecule has 0 aliphatic carbocycles. The summed E-state index contributed by atoms with van der Waals surface area (Å²) in [5.41, 5.74) is 0.884. The van der Waals surface area contributed by atoms with Gasteiger partial charge in [0.15, 0.2) is 0 Å². The van der Waals surface area contributed by atoms with E-state index < -0.39 is 0 Å². The van der Waals surface area contributed by atoms with E-state index in [-0.39, 0.29) is 11.9 Å². The molecule has 0 fully saturated rings. The second kappa shape index (κ2) is 6.83. The highest BCUT2D eigenvalue weighted by Gasteiger charge is 2.17. The molecule has 0 saturated carbocycles. The fraction of sp³-hybridized carbons (Fsp3) is 0.267. The Morgan fingerprint density at radius 3 is 2.57 bits per heavy atom. The summed E-state index contributed by atoms with van der Waals surface area (Å²) < 4.78 is 11.1. The minimum Gasteiger partial charge on any atom is -0.497 e. The van der Waals surface area contributed by atoms with E-state index in [0.29, 0.717) is 20.7 Å². The van der Waals surface area contributed by atoms with E-state index in [4.69, 9.17) is 21.1 Å². The first-order valence-electron chi connectivity index (χ1n) is 6.33. The van der Waals surface area contributed by atoms with Gasteiger partial charge in [-0.05, 0) is 31.2 Å². The highest BCUT2D eigenvalue weighted by Crippen LogP contribution is 2.30. The predicted octanol–water partition coefficient (Wildman–Crippen LogP) is 3.91. The Bertz CT molecular complexity index is 642. The second-order valence-corrected chi connectivity index (χ2v) is 6.12. The Morgan fingerprint density at radius 2 is 2.00 bits per heavy atom. The summed E-state index contributed by atoms with van der Waals surface area (Å²) in [5.74, 6) is 1.22. The van der Waals surface area contributed by atoms with Gasteiger partial charge in [0.1, 0.15) is 11.5 Å². The third-order valence-electron chi connectivity index (χ3n) is 3.05. The van der Waals surface area contributed by atoms with E-state index >= 15 is 0 Å². The van der Waals surface area contributed by atoms with Gasteiger partial charge in [0.05, 0.1) is 29.5 Å². The Labute approximate surface area is 132 Å². The summed E-state index contributed by atoms with van der Waals surface area (Å²) in [6, 6.07) is 8.73. The minimum atomic E-state index is -0.195. The van der Waals surface area contributed by atoms with Crippen LogP contribution in [0.2, 0.25) is 4.34 Å². The smallest absolute Gasteiger partial charge is 0.261 e. The summed E-state index contributed by atoms with van der Waals surface area (Å²) in [6.07, 6.45) is 0. The molecule has 1 N–H and O–H groups in total. The lowest BCUT2D eigenvalue weighted by Gasteiger charge is -2.17. The summed E-state index contributed by atoms with van der Waals surface area (Å²) in [6.45, 7) is 1.90. The molecular formula is C15H16ClNO3S. The molecular weight excluding hydrogens is 310 g/mol. The van der Waals surface area contributed by atoms with Crippen LogP contribution in [0.25, 0.3) is 0 Å². The number of carbonyl (C=O) groups is 1. The number of methoxy groups -OCH3 is 2. The lowest BCUT2D eigenvalue weighted by atomic mass is 10.1. The van der Waals surface area contributed by atoms with Crippen LogP contribution in [-0.4, -0.2) is 20.1 Å². The van der Waals surface area contributed by atoms with E-state index in [9.17, 15) is 4.79 Å². The van der Waals surface area contributed by atoms with Gasteiger partial charge < -0.3 is 14.8 Å². The second-order valence-electron chi connectivity index (χ2n) is 4.41. The molecule has 2 aromatic rings. The van der Waals surface area contributed by atoms with Crippen molar-refractivity contribution in [2.75, 3.05) is 14.2 Å². The summed E-state index contributed by atoms with van der Waals surface area (Å²) >= 11 is 7.09. The van der Waals surface area contributed by atoms with Crippen LogP contribution in [0.1, 0.15) is 28.2 Å². The van der Waals surface area contributed by atoms with Gasteiger partial charge in [-0.3, -0.25) is 4.79 Å². The van der Waals surface area contributed by atoms with Crippen LogP contribution < -0.4 is 14.8 Å². The van der Waals surface area contributed by atoms with Crippen LogP contribution in [0.15, 0.2) is 30.3 Å². The molecule has 1 heterocycles. The van der Waals surface area contributed by atoms with E-state index in [1.807, 2.05) is 19.1 Å². The number of nitrogens with one attached hydrogen (secondary N) is 1. The topological polar surface area (TPSA) is 47.6 Å². The van der Waals surface area contributed by atoms with E-state index in [0.717, 1.165) is 5.56 Å². The molecule has 0 aliphatic rings. The Hall–Kier alpha value is -1.72. The number of carbonyl (C=O) groups excluding carboxylic acids is 1. The highest BCUT2D eigenvalue weighted by molar-refractivity contribution is 7.17. The quantitative estimate of drug-likeness (QED) is 0.906. The summed E-state index contributed by atoms with van der Waals surface area (Å²) in [5, 5.41) is 2.93. The van der Waals surface area contributed by atoms with Crippen molar-refractivity contribution in [3.8, 4) is 11.5 Å². The maximum Gasteiger partial charge on any atom is 0.261 e. The molecule has 0 spiro atoms. The van der Waals surface area contributed by atoms with Crippen molar-refractivity contribution >= 4 is 28.8 Å². The van der Waals surface area contributed by atoms with E-state index in [1.54, 1.807) is 32.4 Å². The lowest BCUT2D eigenvalue weighted by Crippen LogP contribution is -2.26. The molecule has 21 heavy (non-hydrogen) atoms. The summed E-state index contributed by atoms with van der Waals surface area (Å²) in [4.78, 5) is 12.7. The zero-order valence-corrected chi connectivity index (χ0v) is 13.5. The number of halogens is 1. The average Bonchev–Trinajstić information content (AvgIpc) is 2.93. The number of thiophene rings is 1. The molecule has 112 valence electrons. The molecule has 1 amide bonds. The van der Waals surface area contributed by atoms with Crippen molar-refractivity contribution in [1.29, 1.82) is 0 Å². The fourth-order valence-electron chi connectivity index (χ4n) is 1.96. The molecule has 0 bridgehead atoms. The normalized spacial score (nSPS) is 11.8. The van der Waals surface area contributed by atoms with E-state index in [1.165, 1.54) is 11.3 Å². The third-order valence-corrected chi connectivity index (χ3v) is 4.28. The molecule has 1 aromatic carbocycles. The fourth-order valence-corrected chi connectivity index (χ4v) is 2.90. The van der Waals surface area contributed by atoms with Gasteiger partial charge in [0.2, 0.25) is 0 Å². The zero-order chi connectivity index (χ0) is 15.4. The molecule has 6 heteroatoms. The van der Waals surface area contributed by atoms with Gasteiger partial charge >= 0.3 is 0 Å². The number of amides is 1. The number of rotatable bonds is 5. The first kappa shape index (κ1) is 15.7. The molecule has 0 aliphatic heterocycles. The third kappa shape index (κ3) is 3.68. The van der Waals surface area contributed by atoms with Gasteiger partial charge in [-0.15, -0.1) is 11.3 Å². The van der Waals surface area contributed by atoms with Gasteiger partial charge in [0.25, 0.3) is 5.91 Å². The monoisotopic (exact) mass is 325 g/mol. The molecule has 1 atom stereocenters. The largest absolute Gasteiger partial charge is 0.497 e. The van der Waals surface area contributed by atoms with Crippen molar-refractivity contribution in [2.24, 2.45) is 0 Å². The van der Waals surface area contributed by atoms with Crippen LogP contribution in [0.4, 0.5) is 0 Å². The number of ether oxygens (including phenoxy) is 2. The van der Waals surface area contributed by atoms with Crippen molar-refractivity contribution < 1.29 is 14.3 Å². The number of hydrogen-bond donors (Lipinski definition) is 1. The number of hydrogen-bond acceptors (Lipinski definition) is 4. The maximum absolute atomic E-state index is 12.1. The van der Waals surface area contributed by atoms with Gasteiger partial charge in [0, 0.05) is 11.6 Å². The number of benzene rings is 1. The zero-order valence-electron chi connectivity index (χ0n) is 12.0. The molecule has 0 saturated heterocycles. The van der Waals surface area contributed by atoms with Crippen molar-refractivity contribution in [3.05, 3.63) is 45.1 Å². The molecule has 1 unspecified atom stereocenters. The average molecular weight is 326 g/mol. The van der Waals surface area contributed by atoms with Gasteiger partial charge in [-0.1, -0.05) is 11.6 Å². The Balaban J connectivity index is 2.16. The first-order chi connectivity index (χ1) is 10.0. The molecule has 4 nitrogen and oxygen atoms in total. The maximum atomic E-state index is 12.1. The van der Waals surface area contributed by atoms with Crippen molar-refractivity contribution in [3.63, 3.8) is 0 Å². The van der Waals surface area contributed by atoms with Crippen LogP contribution in [-0.2, 0) is 0 Å². The predicted molar refractivity (Wildman–Crippen MR) is 84.8 cm³/mol. The van der Waals surface area contributed by atoms with Crippen LogP contribution in [0.5, 0.6) is 11.5 Å². The lowest BCUT2D eigenvalue weighted by molar-refractivity contribution is 0.0943. The van der Waals surface area contributed by atoms with Crippen LogP contribution in [0, 0.1) is 0 Å². The highest BCUT2D eigenvalue weighted by atomic mass is 35.5. The Kier molecular flexibility index (Phi) is 5.09. The SMILES string of the molecule is COc1ccc(C(C)NC(=O)c2ccc(Cl)s2)c(OC)c1. The first-order valence-corrected chi connectivity index (χ1v) is 7.52. The molecule has 2 rings (SSSR count). The molecule has 0 radical (unpaired) electrons. The van der Waals surface area contributed by atoms with Crippen molar-refractivity contribution in [2.45, 2.75) is 13.0 Å². The molecule has 1 aromatic heterocycles.